The maximum Gasteiger partial charge on any atom is 0.341 e. The number of benzene rings is 2. The van der Waals surface area contributed by atoms with Crippen LogP contribution in [-0.4, -0.2) is 33.4 Å². The van der Waals surface area contributed by atoms with Crippen molar-refractivity contribution < 1.29 is 19.4 Å². The first-order chi connectivity index (χ1) is 13.3. The monoisotopic (exact) mass is 381 g/mol. The smallest absolute Gasteiger partial charge is 0.341 e. The summed E-state index contributed by atoms with van der Waals surface area (Å²) >= 11 is 0. The van der Waals surface area contributed by atoms with Crippen LogP contribution in [0.3, 0.4) is 0 Å². The summed E-state index contributed by atoms with van der Waals surface area (Å²) < 4.78 is 7.14. The average molecular weight is 381 g/mol. The van der Waals surface area contributed by atoms with Crippen molar-refractivity contribution in [3.05, 3.63) is 53.3 Å². The van der Waals surface area contributed by atoms with Gasteiger partial charge < -0.3 is 15.2 Å². The van der Waals surface area contributed by atoms with Gasteiger partial charge in [-0.25, -0.2) is 4.79 Å². The third kappa shape index (κ3) is 3.69. The number of fused-ring (bicyclic) bond motifs is 1. The molecule has 146 valence electrons. The van der Waals surface area contributed by atoms with E-state index < -0.39 is 12.6 Å². The van der Waals surface area contributed by atoms with Gasteiger partial charge in [0.15, 0.2) is 6.61 Å². The Morgan fingerprint density at radius 2 is 1.86 bits per heavy atom. The standard InChI is InChI=1S/C21H23N3O4/c1-12(20-13(2)23-24(4)14(20)3)21(27)22-17-9-10-18(28-11-19(25)26)16-8-6-5-7-15(16)17/h5-10,12H,11H2,1-4H3,(H,22,27)(H,25,26). The molecule has 0 saturated carbocycles. The van der Waals surface area contributed by atoms with Crippen molar-refractivity contribution in [2.75, 3.05) is 11.9 Å². The molecule has 0 spiro atoms. The van der Waals surface area contributed by atoms with E-state index in [4.69, 9.17) is 9.84 Å². The van der Waals surface area contributed by atoms with Crippen LogP contribution in [0.15, 0.2) is 36.4 Å². The van der Waals surface area contributed by atoms with Gasteiger partial charge in [0.25, 0.3) is 0 Å². The number of hydrogen-bond donors (Lipinski definition) is 2. The lowest BCUT2D eigenvalue weighted by molar-refractivity contribution is -0.139. The molecule has 0 aliphatic rings. The maximum atomic E-state index is 12.9. The average Bonchev–Trinajstić information content (AvgIpc) is 2.92. The Kier molecular flexibility index (Phi) is 5.35. The van der Waals surface area contributed by atoms with E-state index >= 15 is 0 Å². The number of anilines is 1. The fourth-order valence-electron chi connectivity index (χ4n) is 3.43. The lowest BCUT2D eigenvalue weighted by Crippen LogP contribution is -2.20. The summed E-state index contributed by atoms with van der Waals surface area (Å²) in [4.78, 5) is 23.7. The molecule has 3 aromatic rings. The fourth-order valence-corrected chi connectivity index (χ4v) is 3.43. The normalized spacial score (nSPS) is 12.0. The maximum absolute atomic E-state index is 12.9. The van der Waals surface area contributed by atoms with Crippen LogP contribution in [0.4, 0.5) is 5.69 Å². The molecular weight excluding hydrogens is 358 g/mol. The fraction of sp³-hybridized carbons (Fsp3) is 0.286. The molecule has 0 aliphatic heterocycles. The van der Waals surface area contributed by atoms with E-state index in [1.165, 1.54) is 0 Å². The van der Waals surface area contributed by atoms with Crippen LogP contribution in [0, 0.1) is 13.8 Å². The molecule has 0 bridgehead atoms. The van der Waals surface area contributed by atoms with E-state index in [9.17, 15) is 9.59 Å². The first-order valence-corrected chi connectivity index (χ1v) is 8.97. The van der Waals surface area contributed by atoms with Crippen molar-refractivity contribution in [3.8, 4) is 5.75 Å². The zero-order valence-corrected chi connectivity index (χ0v) is 16.3. The number of carboxylic acids is 1. The Hall–Kier alpha value is -3.35. The van der Waals surface area contributed by atoms with Crippen LogP contribution in [-0.2, 0) is 16.6 Å². The summed E-state index contributed by atoms with van der Waals surface area (Å²) in [5.74, 6) is -1.08. The van der Waals surface area contributed by atoms with Gasteiger partial charge in [-0.2, -0.15) is 5.10 Å². The molecule has 1 unspecified atom stereocenters. The summed E-state index contributed by atoms with van der Waals surface area (Å²) in [6.07, 6.45) is 0. The van der Waals surface area contributed by atoms with Crippen molar-refractivity contribution in [2.45, 2.75) is 26.7 Å². The number of aryl methyl sites for hydroxylation is 2. The molecule has 1 amide bonds. The minimum atomic E-state index is -1.04. The number of rotatable bonds is 6. The van der Waals surface area contributed by atoms with Gasteiger partial charge in [0.2, 0.25) is 5.91 Å². The van der Waals surface area contributed by atoms with Gasteiger partial charge in [0.1, 0.15) is 5.75 Å². The molecule has 2 aromatic carbocycles. The molecule has 0 radical (unpaired) electrons. The summed E-state index contributed by atoms with van der Waals surface area (Å²) in [5, 5.41) is 17.7. The highest BCUT2D eigenvalue weighted by Crippen LogP contribution is 2.33. The number of amides is 1. The highest BCUT2D eigenvalue weighted by molar-refractivity contribution is 6.06. The number of carbonyl (C=O) groups is 2. The lowest BCUT2D eigenvalue weighted by Gasteiger charge is -2.16. The number of aromatic nitrogens is 2. The van der Waals surface area contributed by atoms with Gasteiger partial charge in [-0.3, -0.25) is 9.48 Å². The van der Waals surface area contributed by atoms with Gasteiger partial charge >= 0.3 is 5.97 Å². The van der Waals surface area contributed by atoms with E-state index in [1.807, 2.05) is 52.1 Å². The number of nitrogens with one attached hydrogen (secondary N) is 1. The topological polar surface area (TPSA) is 93.5 Å². The van der Waals surface area contributed by atoms with Crippen LogP contribution in [0.1, 0.15) is 29.8 Å². The molecule has 1 heterocycles. The van der Waals surface area contributed by atoms with Gasteiger partial charge in [0, 0.05) is 34.8 Å². The zero-order chi connectivity index (χ0) is 20.4. The third-order valence-electron chi connectivity index (χ3n) is 4.88. The van der Waals surface area contributed by atoms with E-state index in [0.29, 0.717) is 11.4 Å². The first kappa shape index (κ1) is 19.4. The zero-order valence-electron chi connectivity index (χ0n) is 16.3. The number of aliphatic carboxylic acids is 1. The second-order valence-corrected chi connectivity index (χ2v) is 6.76. The quantitative estimate of drug-likeness (QED) is 0.683. The van der Waals surface area contributed by atoms with Crippen molar-refractivity contribution in [2.24, 2.45) is 7.05 Å². The highest BCUT2D eigenvalue weighted by Gasteiger charge is 2.23. The molecule has 0 saturated heterocycles. The minimum absolute atomic E-state index is 0.136. The predicted octanol–water partition coefficient (Wildman–Crippen LogP) is 3.40. The SMILES string of the molecule is Cc1nn(C)c(C)c1C(C)C(=O)Nc1ccc(OCC(=O)O)c2ccccc12. The lowest BCUT2D eigenvalue weighted by atomic mass is 9.98. The number of carboxylic acid groups (broad SMARTS) is 1. The molecule has 3 rings (SSSR count). The second kappa shape index (κ2) is 7.72. The molecule has 7 heteroatoms. The van der Waals surface area contributed by atoms with Gasteiger partial charge in [0.05, 0.1) is 11.6 Å². The van der Waals surface area contributed by atoms with E-state index in [1.54, 1.807) is 16.8 Å². The summed E-state index contributed by atoms with van der Waals surface area (Å²) in [7, 11) is 1.86. The second-order valence-electron chi connectivity index (χ2n) is 6.76. The van der Waals surface area contributed by atoms with E-state index in [2.05, 4.69) is 10.4 Å². The van der Waals surface area contributed by atoms with Crippen molar-refractivity contribution in [1.29, 1.82) is 0 Å². The molecule has 7 nitrogen and oxygen atoms in total. The van der Waals surface area contributed by atoms with E-state index in [-0.39, 0.29) is 11.8 Å². The van der Waals surface area contributed by atoms with Gasteiger partial charge in [-0.1, -0.05) is 24.3 Å². The highest BCUT2D eigenvalue weighted by atomic mass is 16.5. The molecule has 2 N–H and O–H groups in total. The number of carbonyl (C=O) groups excluding carboxylic acids is 1. The summed E-state index contributed by atoms with van der Waals surface area (Å²) in [5.41, 5.74) is 3.37. The largest absolute Gasteiger partial charge is 0.481 e. The Labute approximate surface area is 162 Å². The van der Waals surface area contributed by atoms with Crippen molar-refractivity contribution in [1.82, 2.24) is 9.78 Å². The van der Waals surface area contributed by atoms with Crippen molar-refractivity contribution in [3.63, 3.8) is 0 Å². The van der Waals surface area contributed by atoms with E-state index in [0.717, 1.165) is 27.7 Å². The molecule has 1 aromatic heterocycles. The predicted molar refractivity (Wildman–Crippen MR) is 107 cm³/mol. The Balaban J connectivity index is 1.91. The summed E-state index contributed by atoms with van der Waals surface area (Å²) in [6.45, 7) is 5.28. The molecule has 0 fully saturated rings. The van der Waals surface area contributed by atoms with Crippen LogP contribution in [0.5, 0.6) is 5.75 Å². The Bertz CT molecular complexity index is 1060. The van der Waals surface area contributed by atoms with Gasteiger partial charge in [-0.15, -0.1) is 0 Å². The van der Waals surface area contributed by atoms with Crippen LogP contribution in [0.2, 0.25) is 0 Å². The van der Waals surface area contributed by atoms with Crippen LogP contribution >= 0.6 is 0 Å². The Morgan fingerprint density at radius 1 is 1.18 bits per heavy atom. The number of nitrogens with zero attached hydrogens (tertiary/aromatic N) is 2. The molecule has 0 aliphatic carbocycles. The summed E-state index contributed by atoms with van der Waals surface area (Å²) in [6, 6.07) is 10.8. The first-order valence-electron chi connectivity index (χ1n) is 8.97. The van der Waals surface area contributed by atoms with Crippen molar-refractivity contribution >= 4 is 28.3 Å². The van der Waals surface area contributed by atoms with Gasteiger partial charge in [-0.05, 0) is 32.9 Å². The van der Waals surface area contributed by atoms with Crippen LogP contribution in [0.25, 0.3) is 10.8 Å². The third-order valence-corrected chi connectivity index (χ3v) is 4.88. The molecule has 1 atom stereocenters. The Morgan fingerprint density at radius 3 is 2.46 bits per heavy atom. The number of ether oxygens (including phenoxy) is 1. The molecular formula is C21H23N3O4. The number of hydrogen-bond acceptors (Lipinski definition) is 4. The minimum Gasteiger partial charge on any atom is -0.481 e. The molecule has 28 heavy (non-hydrogen) atoms. The van der Waals surface area contributed by atoms with Crippen LogP contribution < -0.4 is 10.1 Å².